The van der Waals surface area contributed by atoms with Crippen molar-refractivity contribution in [3.8, 4) is 0 Å². The SMILES string of the molecule is CCC(CC(C(=O)O)C1CC(NC(C)=O)CC1CC(CC(C)C(=O)OC[N+](C)(C)CC)c1ccc(C[N+](C)(C)CC)cc1)C(N)=O. The molecule has 7 atom stereocenters. The van der Waals surface area contributed by atoms with Crippen molar-refractivity contribution in [2.24, 2.45) is 35.3 Å². The maximum atomic E-state index is 13.2. The van der Waals surface area contributed by atoms with E-state index in [1.807, 2.05) is 27.9 Å². The van der Waals surface area contributed by atoms with Crippen LogP contribution in [0.3, 0.4) is 0 Å². The summed E-state index contributed by atoms with van der Waals surface area (Å²) in [6.07, 6.45) is 3.02. The first-order valence-electron chi connectivity index (χ1n) is 17.1. The number of nitrogens with zero attached hydrogens (tertiary/aromatic N) is 2. The van der Waals surface area contributed by atoms with Crippen LogP contribution < -0.4 is 11.1 Å². The van der Waals surface area contributed by atoms with Crippen molar-refractivity contribution >= 4 is 23.8 Å². The Bertz CT molecular complexity index is 1170. The Hall–Kier alpha value is -2.98. The second-order valence-electron chi connectivity index (χ2n) is 15.0. The number of quaternary nitrogens is 2. The van der Waals surface area contributed by atoms with Gasteiger partial charge >= 0.3 is 11.9 Å². The largest absolute Gasteiger partial charge is 0.481 e. The molecular formula is C36H62N4O6+2. The molecule has 0 saturated heterocycles. The molecule has 1 aromatic rings. The van der Waals surface area contributed by atoms with Crippen LogP contribution in [0, 0.1) is 29.6 Å². The third kappa shape index (κ3) is 12.0. The van der Waals surface area contributed by atoms with E-state index in [1.165, 1.54) is 12.5 Å². The molecule has 7 unspecified atom stereocenters. The molecule has 2 rings (SSSR count). The van der Waals surface area contributed by atoms with Gasteiger partial charge in [-0.1, -0.05) is 38.1 Å². The van der Waals surface area contributed by atoms with Gasteiger partial charge in [-0.15, -0.1) is 0 Å². The smallest absolute Gasteiger partial charge is 0.312 e. The third-order valence-electron chi connectivity index (χ3n) is 10.4. The van der Waals surface area contributed by atoms with E-state index >= 15 is 0 Å². The third-order valence-corrected chi connectivity index (χ3v) is 10.4. The lowest BCUT2D eigenvalue weighted by Crippen LogP contribution is -2.42. The van der Waals surface area contributed by atoms with Crippen molar-refractivity contribution in [1.29, 1.82) is 0 Å². The van der Waals surface area contributed by atoms with Crippen LogP contribution in [0.25, 0.3) is 0 Å². The molecule has 2 amide bonds. The Morgan fingerprint density at radius 2 is 1.59 bits per heavy atom. The van der Waals surface area contributed by atoms with Crippen LogP contribution in [-0.4, -0.2) is 91.9 Å². The van der Waals surface area contributed by atoms with Crippen LogP contribution in [-0.2, 0) is 30.5 Å². The van der Waals surface area contributed by atoms with Crippen LogP contribution in [0.5, 0.6) is 0 Å². The molecule has 10 heteroatoms. The fourth-order valence-electron chi connectivity index (χ4n) is 6.81. The van der Waals surface area contributed by atoms with E-state index in [1.54, 1.807) is 0 Å². The molecule has 1 aliphatic carbocycles. The lowest BCUT2D eigenvalue weighted by Gasteiger charge is -2.32. The Morgan fingerprint density at radius 1 is 0.978 bits per heavy atom. The predicted octanol–water partition coefficient (Wildman–Crippen LogP) is 4.51. The van der Waals surface area contributed by atoms with Crippen LogP contribution in [0.2, 0.25) is 0 Å². The van der Waals surface area contributed by atoms with Gasteiger partial charge in [0.2, 0.25) is 18.5 Å². The highest BCUT2D eigenvalue weighted by atomic mass is 16.5. The molecule has 0 heterocycles. The molecule has 10 nitrogen and oxygen atoms in total. The summed E-state index contributed by atoms with van der Waals surface area (Å²) in [5, 5.41) is 13.4. The Labute approximate surface area is 277 Å². The van der Waals surface area contributed by atoms with Gasteiger partial charge in [-0.05, 0) is 75.7 Å². The van der Waals surface area contributed by atoms with Crippen molar-refractivity contribution in [1.82, 2.24) is 5.32 Å². The Balaban J connectivity index is 2.45. The molecule has 0 aromatic heterocycles. The van der Waals surface area contributed by atoms with Gasteiger partial charge in [-0.2, -0.15) is 0 Å². The number of primary amides is 1. The number of carboxylic acid groups (broad SMARTS) is 1. The van der Waals surface area contributed by atoms with Gasteiger partial charge in [-0.25, -0.2) is 0 Å². The van der Waals surface area contributed by atoms with E-state index in [0.717, 1.165) is 29.7 Å². The Morgan fingerprint density at radius 3 is 2.09 bits per heavy atom. The van der Waals surface area contributed by atoms with E-state index in [-0.39, 0.29) is 48.0 Å². The fourth-order valence-corrected chi connectivity index (χ4v) is 6.81. The normalized spacial score (nSPS) is 21.2. The average Bonchev–Trinajstić information content (AvgIpc) is 3.36. The lowest BCUT2D eigenvalue weighted by atomic mass is 9.73. The molecule has 1 aromatic carbocycles. The van der Waals surface area contributed by atoms with Gasteiger partial charge in [0, 0.05) is 24.4 Å². The van der Waals surface area contributed by atoms with E-state index in [0.29, 0.717) is 43.3 Å². The molecule has 260 valence electrons. The van der Waals surface area contributed by atoms with Gasteiger partial charge < -0.3 is 25.4 Å². The summed E-state index contributed by atoms with van der Waals surface area (Å²) in [4.78, 5) is 50.1. The Kier molecular flexibility index (Phi) is 14.7. The maximum Gasteiger partial charge on any atom is 0.312 e. The first-order valence-corrected chi connectivity index (χ1v) is 17.1. The minimum absolute atomic E-state index is 0.0323. The van der Waals surface area contributed by atoms with E-state index in [9.17, 15) is 24.3 Å². The number of hydrogen-bond donors (Lipinski definition) is 3. The van der Waals surface area contributed by atoms with Crippen LogP contribution in [0.4, 0.5) is 0 Å². The summed E-state index contributed by atoms with van der Waals surface area (Å²) in [5.74, 6) is -3.80. The first-order chi connectivity index (χ1) is 21.4. The molecule has 4 N–H and O–H groups in total. The number of amides is 2. The number of nitrogens with two attached hydrogens (primary N) is 1. The van der Waals surface area contributed by atoms with Gasteiger partial charge in [0.15, 0.2) is 0 Å². The van der Waals surface area contributed by atoms with E-state index < -0.39 is 23.7 Å². The highest BCUT2D eigenvalue weighted by Gasteiger charge is 2.44. The number of rotatable bonds is 19. The number of benzene rings is 1. The zero-order chi connectivity index (χ0) is 34.8. The molecule has 0 bridgehead atoms. The number of nitrogens with one attached hydrogen (secondary N) is 1. The minimum atomic E-state index is -0.940. The van der Waals surface area contributed by atoms with Crippen molar-refractivity contribution in [3.63, 3.8) is 0 Å². The summed E-state index contributed by atoms with van der Waals surface area (Å²) < 4.78 is 7.19. The summed E-state index contributed by atoms with van der Waals surface area (Å²) in [5.41, 5.74) is 7.98. The van der Waals surface area contributed by atoms with Crippen LogP contribution >= 0.6 is 0 Å². The first kappa shape index (κ1) is 39.2. The number of ether oxygens (including phenoxy) is 1. The van der Waals surface area contributed by atoms with Crippen molar-refractivity contribution in [3.05, 3.63) is 35.4 Å². The maximum absolute atomic E-state index is 13.2. The quantitative estimate of drug-likeness (QED) is 0.115. The van der Waals surface area contributed by atoms with Gasteiger partial charge in [0.25, 0.3) is 0 Å². The van der Waals surface area contributed by atoms with Crippen molar-refractivity contribution in [2.75, 3.05) is 48.0 Å². The highest BCUT2D eigenvalue weighted by molar-refractivity contribution is 5.78. The number of aliphatic carboxylic acids is 1. The highest BCUT2D eigenvalue weighted by Crippen LogP contribution is 2.46. The standard InChI is InChI=1S/C36H60N4O6/c1-10-27(34(37)42)20-33(35(43)44)32-21-31(38-25(5)41)19-30(32)18-29(17-24(4)36(45)46-23-40(8,9)12-3)28-15-13-26(14-16-28)22-39(6,7)11-2/h13-16,24,27,29-33H,10-12,17-23H2,1-9H3,(H2-2,37,38,41,42,43,44)/p+2. The van der Waals surface area contributed by atoms with Crippen molar-refractivity contribution < 1.29 is 38.0 Å². The zero-order valence-electron chi connectivity index (χ0n) is 29.9. The summed E-state index contributed by atoms with van der Waals surface area (Å²) in [7, 11) is 8.45. The molecule has 1 aliphatic rings. The predicted molar refractivity (Wildman–Crippen MR) is 180 cm³/mol. The van der Waals surface area contributed by atoms with E-state index in [2.05, 4.69) is 57.5 Å². The summed E-state index contributed by atoms with van der Waals surface area (Å²) in [6, 6.07) is 8.46. The summed E-state index contributed by atoms with van der Waals surface area (Å²) in [6.45, 7) is 12.5. The lowest BCUT2D eigenvalue weighted by molar-refractivity contribution is -0.905. The second-order valence-corrected chi connectivity index (χ2v) is 15.0. The molecule has 0 spiro atoms. The fraction of sp³-hybridized carbons (Fsp3) is 0.722. The minimum Gasteiger partial charge on any atom is -0.481 e. The molecule has 0 radical (unpaired) electrons. The molecular weight excluding hydrogens is 584 g/mol. The number of esters is 1. The summed E-state index contributed by atoms with van der Waals surface area (Å²) >= 11 is 0. The van der Waals surface area contributed by atoms with Crippen molar-refractivity contribution in [2.45, 2.75) is 91.6 Å². The van der Waals surface area contributed by atoms with Gasteiger partial charge in [0.1, 0.15) is 6.54 Å². The molecule has 1 fully saturated rings. The van der Waals surface area contributed by atoms with E-state index in [4.69, 9.17) is 10.5 Å². The molecule has 0 aliphatic heterocycles. The monoisotopic (exact) mass is 646 g/mol. The number of carbonyl (C=O) groups excluding carboxylic acids is 3. The topological polar surface area (TPSA) is 136 Å². The number of carboxylic acids is 1. The molecule has 1 saturated carbocycles. The number of hydrogen-bond acceptors (Lipinski definition) is 5. The van der Waals surface area contributed by atoms with Crippen LogP contribution in [0.1, 0.15) is 90.2 Å². The zero-order valence-corrected chi connectivity index (χ0v) is 29.9. The average molecular weight is 647 g/mol. The van der Waals surface area contributed by atoms with Crippen LogP contribution in [0.15, 0.2) is 24.3 Å². The second kappa shape index (κ2) is 17.3. The molecule has 46 heavy (non-hydrogen) atoms. The van der Waals surface area contributed by atoms with Gasteiger partial charge in [0.05, 0.1) is 53.1 Å². The van der Waals surface area contributed by atoms with Gasteiger partial charge in [-0.3, -0.25) is 23.7 Å². The number of carbonyl (C=O) groups is 4.